The van der Waals surface area contributed by atoms with Crippen LogP contribution in [0.3, 0.4) is 0 Å². The number of halogens is 1. The van der Waals surface area contributed by atoms with Gasteiger partial charge in [0.15, 0.2) is 5.78 Å². The first-order chi connectivity index (χ1) is 6.65. The molecule has 0 spiro atoms. The summed E-state index contributed by atoms with van der Waals surface area (Å²) in [4.78, 5) is 12.6. The van der Waals surface area contributed by atoms with Crippen LogP contribution in [-0.4, -0.2) is 5.78 Å². The highest BCUT2D eigenvalue weighted by Gasteiger charge is 2.10. The van der Waals surface area contributed by atoms with Gasteiger partial charge in [0.25, 0.3) is 0 Å². The summed E-state index contributed by atoms with van der Waals surface area (Å²) in [5.74, 6) is 0.289. The number of carbonyl (C=O) groups excluding carboxylic acids is 1. The Bertz CT molecular complexity index is 298. The Morgan fingerprint density at radius 2 is 2.21 bits per heavy atom. The van der Waals surface area contributed by atoms with Gasteiger partial charge in [0.1, 0.15) is 0 Å². The van der Waals surface area contributed by atoms with Crippen LogP contribution < -0.4 is 0 Å². The molecule has 0 aliphatic carbocycles. The van der Waals surface area contributed by atoms with E-state index in [0.717, 1.165) is 27.1 Å². The van der Waals surface area contributed by atoms with Gasteiger partial charge in [-0.3, -0.25) is 4.79 Å². The maximum atomic E-state index is 11.7. The minimum Gasteiger partial charge on any atom is -0.293 e. The number of Topliss-reactive ketones (excluding diaryl/α,β-unsaturated/α-hetero) is 1. The molecule has 0 saturated carbocycles. The van der Waals surface area contributed by atoms with E-state index in [2.05, 4.69) is 22.9 Å². The lowest BCUT2D eigenvalue weighted by Gasteiger charge is -1.95. The minimum atomic E-state index is 0.289. The molecule has 0 amide bonds. The monoisotopic (exact) mass is 274 g/mol. The second-order valence-electron chi connectivity index (χ2n) is 3.45. The number of thiophene rings is 1. The molecule has 0 fully saturated rings. The molecule has 0 saturated heterocycles. The number of hydrogen-bond donors (Lipinski definition) is 0. The summed E-state index contributed by atoms with van der Waals surface area (Å²) in [7, 11) is 0. The van der Waals surface area contributed by atoms with Crippen molar-refractivity contribution in [1.82, 2.24) is 0 Å². The summed E-state index contributed by atoms with van der Waals surface area (Å²) in [5.41, 5.74) is 1.16. The van der Waals surface area contributed by atoms with Gasteiger partial charge in [0.2, 0.25) is 0 Å². The molecule has 1 rings (SSSR count). The Kier molecular flexibility index (Phi) is 4.82. The van der Waals surface area contributed by atoms with Crippen LogP contribution in [0.15, 0.2) is 9.85 Å². The molecule has 1 aromatic rings. The van der Waals surface area contributed by atoms with E-state index in [9.17, 15) is 4.79 Å². The highest BCUT2D eigenvalue weighted by molar-refractivity contribution is 9.11. The van der Waals surface area contributed by atoms with E-state index in [4.69, 9.17) is 0 Å². The third-order valence-corrected chi connectivity index (χ3v) is 4.32. The first kappa shape index (κ1) is 11.9. The average molecular weight is 275 g/mol. The molecular weight excluding hydrogens is 260 g/mol. The Morgan fingerprint density at radius 3 is 2.71 bits per heavy atom. The molecule has 0 aromatic carbocycles. The predicted octanol–water partition coefficient (Wildman–Crippen LogP) is 4.58. The Morgan fingerprint density at radius 1 is 1.50 bits per heavy atom. The van der Waals surface area contributed by atoms with Crippen molar-refractivity contribution >= 4 is 33.0 Å². The Hall–Kier alpha value is -0.150. The third kappa shape index (κ3) is 3.21. The second-order valence-corrected chi connectivity index (χ2v) is 5.82. The van der Waals surface area contributed by atoms with E-state index in [1.54, 1.807) is 11.3 Å². The molecule has 14 heavy (non-hydrogen) atoms. The number of rotatable bonds is 5. The van der Waals surface area contributed by atoms with Gasteiger partial charge in [0, 0.05) is 6.42 Å². The van der Waals surface area contributed by atoms with E-state index in [1.807, 2.05) is 13.0 Å². The van der Waals surface area contributed by atoms with E-state index in [0.29, 0.717) is 6.42 Å². The van der Waals surface area contributed by atoms with Crippen LogP contribution in [0, 0.1) is 6.92 Å². The summed E-state index contributed by atoms with van der Waals surface area (Å²) >= 11 is 4.98. The minimum absolute atomic E-state index is 0.289. The second kappa shape index (κ2) is 5.66. The Balaban J connectivity index is 2.52. The molecule has 3 heteroatoms. The van der Waals surface area contributed by atoms with Gasteiger partial charge in [-0.2, -0.15) is 0 Å². The van der Waals surface area contributed by atoms with Gasteiger partial charge in [-0.05, 0) is 40.9 Å². The van der Waals surface area contributed by atoms with Gasteiger partial charge in [0.05, 0.1) is 8.66 Å². The van der Waals surface area contributed by atoms with Crippen LogP contribution in [0.2, 0.25) is 0 Å². The maximum Gasteiger partial charge on any atom is 0.172 e. The van der Waals surface area contributed by atoms with Crippen LogP contribution >= 0.6 is 27.3 Å². The number of carbonyl (C=O) groups is 1. The largest absolute Gasteiger partial charge is 0.293 e. The van der Waals surface area contributed by atoms with Gasteiger partial charge >= 0.3 is 0 Å². The predicted molar refractivity (Wildman–Crippen MR) is 65.2 cm³/mol. The zero-order chi connectivity index (χ0) is 10.6. The zero-order valence-electron chi connectivity index (χ0n) is 8.60. The molecule has 1 nitrogen and oxygen atoms in total. The average Bonchev–Trinajstić information content (AvgIpc) is 2.47. The summed E-state index contributed by atoms with van der Waals surface area (Å²) in [6, 6.07) is 1.98. The molecular formula is C11H15BrOS. The quantitative estimate of drug-likeness (QED) is 0.567. The highest BCUT2D eigenvalue weighted by Crippen LogP contribution is 2.28. The van der Waals surface area contributed by atoms with Crippen LogP contribution in [0.5, 0.6) is 0 Å². The van der Waals surface area contributed by atoms with Crippen molar-refractivity contribution < 1.29 is 4.79 Å². The number of hydrogen-bond acceptors (Lipinski definition) is 2. The van der Waals surface area contributed by atoms with Crippen molar-refractivity contribution in [3.05, 3.63) is 20.3 Å². The molecule has 0 atom stereocenters. The summed E-state index contributed by atoms with van der Waals surface area (Å²) < 4.78 is 1.08. The maximum absolute atomic E-state index is 11.7. The zero-order valence-corrected chi connectivity index (χ0v) is 11.0. The Labute approximate surface area is 97.7 Å². The molecule has 0 N–H and O–H groups in total. The number of aryl methyl sites for hydroxylation is 1. The van der Waals surface area contributed by atoms with Crippen molar-refractivity contribution in [2.75, 3.05) is 0 Å². The van der Waals surface area contributed by atoms with Crippen molar-refractivity contribution in [3.8, 4) is 0 Å². The fourth-order valence-corrected chi connectivity index (χ4v) is 2.76. The first-order valence-electron chi connectivity index (χ1n) is 4.94. The molecule has 1 heterocycles. The molecule has 0 aliphatic heterocycles. The van der Waals surface area contributed by atoms with E-state index < -0.39 is 0 Å². The van der Waals surface area contributed by atoms with E-state index >= 15 is 0 Å². The van der Waals surface area contributed by atoms with Gasteiger partial charge < -0.3 is 0 Å². The summed E-state index contributed by atoms with van der Waals surface area (Å²) in [6.45, 7) is 4.17. The molecule has 0 bridgehead atoms. The van der Waals surface area contributed by atoms with Gasteiger partial charge in [-0.1, -0.05) is 19.8 Å². The fraction of sp³-hybridized carbons (Fsp3) is 0.545. The number of ketones is 1. The summed E-state index contributed by atoms with van der Waals surface area (Å²) in [6.07, 6.45) is 4.03. The van der Waals surface area contributed by atoms with E-state index in [-0.39, 0.29) is 5.78 Å². The lowest BCUT2D eigenvalue weighted by Crippen LogP contribution is -1.95. The molecule has 78 valence electrons. The lowest BCUT2D eigenvalue weighted by molar-refractivity contribution is 0.0983. The van der Waals surface area contributed by atoms with Crippen LogP contribution in [-0.2, 0) is 0 Å². The van der Waals surface area contributed by atoms with Gasteiger partial charge in [-0.15, -0.1) is 11.3 Å². The van der Waals surface area contributed by atoms with Gasteiger partial charge in [-0.25, -0.2) is 0 Å². The standard InChI is InChI=1S/C11H15BrOS/c1-3-4-5-6-9(13)10-7-8(2)11(12)14-10/h7H,3-6H2,1-2H3. The smallest absolute Gasteiger partial charge is 0.172 e. The van der Waals surface area contributed by atoms with Crippen molar-refractivity contribution in [1.29, 1.82) is 0 Å². The van der Waals surface area contributed by atoms with Crippen molar-refractivity contribution in [2.45, 2.75) is 39.5 Å². The molecule has 1 aromatic heterocycles. The molecule has 0 radical (unpaired) electrons. The first-order valence-corrected chi connectivity index (χ1v) is 6.55. The van der Waals surface area contributed by atoms with Crippen LogP contribution in [0.4, 0.5) is 0 Å². The van der Waals surface area contributed by atoms with Crippen molar-refractivity contribution in [2.24, 2.45) is 0 Å². The van der Waals surface area contributed by atoms with Crippen LogP contribution in [0.1, 0.15) is 47.8 Å². The van der Waals surface area contributed by atoms with Crippen LogP contribution in [0.25, 0.3) is 0 Å². The van der Waals surface area contributed by atoms with Crippen molar-refractivity contribution in [3.63, 3.8) is 0 Å². The molecule has 0 unspecified atom stereocenters. The highest BCUT2D eigenvalue weighted by atomic mass is 79.9. The third-order valence-electron chi connectivity index (χ3n) is 2.14. The lowest BCUT2D eigenvalue weighted by atomic mass is 10.1. The SMILES string of the molecule is CCCCCC(=O)c1cc(C)c(Br)s1. The summed E-state index contributed by atoms with van der Waals surface area (Å²) in [5, 5.41) is 0. The topological polar surface area (TPSA) is 17.1 Å². The normalized spacial score (nSPS) is 10.5. The fourth-order valence-electron chi connectivity index (χ4n) is 1.26. The molecule has 0 aliphatic rings. The number of unbranched alkanes of at least 4 members (excludes halogenated alkanes) is 2. The van der Waals surface area contributed by atoms with E-state index in [1.165, 1.54) is 6.42 Å².